The van der Waals surface area contributed by atoms with E-state index >= 15 is 0 Å². The molecule has 0 bridgehead atoms. The molecule has 0 aliphatic heterocycles. The van der Waals surface area contributed by atoms with E-state index < -0.39 is 6.10 Å². The number of benzene rings is 1. The van der Waals surface area contributed by atoms with Crippen LogP contribution in [0, 0.1) is 6.92 Å². The van der Waals surface area contributed by atoms with E-state index in [1.807, 2.05) is 26.1 Å². The Bertz CT molecular complexity index is 342. The molecule has 0 fully saturated rings. The van der Waals surface area contributed by atoms with E-state index in [1.54, 1.807) is 7.11 Å². The summed E-state index contributed by atoms with van der Waals surface area (Å²) in [7, 11) is 3.43. The number of halogens is 1. The molecular formula is C11H16BrNO2. The van der Waals surface area contributed by atoms with E-state index in [2.05, 4.69) is 21.2 Å². The molecule has 0 saturated carbocycles. The summed E-state index contributed by atoms with van der Waals surface area (Å²) in [6.45, 7) is 2.50. The molecule has 2 N–H and O–H groups in total. The normalized spacial score (nSPS) is 12.6. The number of methoxy groups -OCH3 is 1. The van der Waals surface area contributed by atoms with Crippen LogP contribution in [-0.4, -0.2) is 25.8 Å². The minimum Gasteiger partial charge on any atom is -0.497 e. The first kappa shape index (κ1) is 12.5. The van der Waals surface area contributed by atoms with Crippen LogP contribution < -0.4 is 10.1 Å². The molecule has 0 aromatic heterocycles. The van der Waals surface area contributed by atoms with Crippen molar-refractivity contribution < 1.29 is 9.84 Å². The summed E-state index contributed by atoms with van der Waals surface area (Å²) in [5.74, 6) is 0.748. The Kier molecular flexibility index (Phi) is 4.57. The highest BCUT2D eigenvalue weighted by atomic mass is 79.9. The lowest BCUT2D eigenvalue weighted by Crippen LogP contribution is -2.17. The molecule has 0 saturated heterocycles. The molecule has 15 heavy (non-hydrogen) atoms. The lowest BCUT2D eigenvalue weighted by atomic mass is 10.0. The smallest absolute Gasteiger partial charge is 0.120 e. The van der Waals surface area contributed by atoms with Gasteiger partial charge in [0.2, 0.25) is 0 Å². The fraction of sp³-hybridized carbons (Fsp3) is 0.455. The van der Waals surface area contributed by atoms with E-state index in [0.29, 0.717) is 6.54 Å². The zero-order valence-electron chi connectivity index (χ0n) is 9.17. The van der Waals surface area contributed by atoms with Gasteiger partial charge in [0.25, 0.3) is 0 Å². The Morgan fingerprint density at radius 3 is 2.73 bits per heavy atom. The van der Waals surface area contributed by atoms with E-state index in [0.717, 1.165) is 21.3 Å². The summed E-state index contributed by atoms with van der Waals surface area (Å²) in [5, 5.41) is 12.9. The quantitative estimate of drug-likeness (QED) is 0.882. The Labute approximate surface area is 98.6 Å². The Hall–Kier alpha value is -0.580. The van der Waals surface area contributed by atoms with E-state index in [-0.39, 0.29) is 0 Å². The molecule has 1 aromatic carbocycles. The van der Waals surface area contributed by atoms with Crippen molar-refractivity contribution in [2.45, 2.75) is 13.0 Å². The fourth-order valence-corrected chi connectivity index (χ4v) is 1.90. The van der Waals surface area contributed by atoms with Gasteiger partial charge >= 0.3 is 0 Å². The number of rotatable bonds is 4. The number of aliphatic hydroxyl groups excluding tert-OH is 1. The summed E-state index contributed by atoms with van der Waals surface area (Å²) >= 11 is 3.45. The second kappa shape index (κ2) is 5.49. The van der Waals surface area contributed by atoms with Crippen molar-refractivity contribution in [3.05, 3.63) is 27.7 Å². The third-order valence-corrected chi connectivity index (χ3v) is 3.17. The molecule has 0 radical (unpaired) electrons. The topological polar surface area (TPSA) is 41.5 Å². The first-order valence-corrected chi connectivity index (χ1v) is 5.56. The number of hydrogen-bond donors (Lipinski definition) is 2. The van der Waals surface area contributed by atoms with Gasteiger partial charge in [-0.2, -0.15) is 0 Å². The van der Waals surface area contributed by atoms with Crippen molar-refractivity contribution in [2.75, 3.05) is 20.7 Å². The maximum atomic E-state index is 9.91. The van der Waals surface area contributed by atoms with Crippen molar-refractivity contribution in [3.63, 3.8) is 0 Å². The maximum absolute atomic E-state index is 9.91. The fourth-order valence-electron chi connectivity index (χ4n) is 1.44. The molecule has 0 aliphatic carbocycles. The van der Waals surface area contributed by atoms with Crippen molar-refractivity contribution in [2.24, 2.45) is 0 Å². The van der Waals surface area contributed by atoms with Gasteiger partial charge in [-0.05, 0) is 37.2 Å². The zero-order valence-corrected chi connectivity index (χ0v) is 10.8. The lowest BCUT2D eigenvalue weighted by Gasteiger charge is -2.15. The maximum Gasteiger partial charge on any atom is 0.120 e. The average Bonchev–Trinajstić information content (AvgIpc) is 2.22. The summed E-state index contributed by atoms with van der Waals surface area (Å²) in [6, 6.07) is 3.76. The molecule has 4 heteroatoms. The van der Waals surface area contributed by atoms with E-state index in [4.69, 9.17) is 4.74 Å². The van der Waals surface area contributed by atoms with Gasteiger partial charge in [0.05, 0.1) is 13.2 Å². The molecule has 1 atom stereocenters. The minimum absolute atomic E-state index is 0.513. The monoisotopic (exact) mass is 273 g/mol. The molecule has 1 aromatic rings. The third-order valence-electron chi connectivity index (χ3n) is 2.35. The average molecular weight is 274 g/mol. The van der Waals surface area contributed by atoms with Gasteiger partial charge in [0.15, 0.2) is 0 Å². The third kappa shape index (κ3) is 2.93. The summed E-state index contributed by atoms with van der Waals surface area (Å²) < 4.78 is 6.11. The predicted molar refractivity (Wildman–Crippen MR) is 64.3 cm³/mol. The highest BCUT2D eigenvalue weighted by Gasteiger charge is 2.13. The SMILES string of the molecule is CNCC(O)c1cc(OC)cc(Br)c1C. The van der Waals surface area contributed by atoms with Crippen molar-refractivity contribution in [1.29, 1.82) is 0 Å². The largest absolute Gasteiger partial charge is 0.497 e. The second-order valence-electron chi connectivity index (χ2n) is 3.40. The van der Waals surface area contributed by atoms with Gasteiger partial charge in [0, 0.05) is 11.0 Å². The molecule has 1 unspecified atom stereocenters. The van der Waals surface area contributed by atoms with Crippen LogP contribution >= 0.6 is 15.9 Å². The first-order valence-electron chi connectivity index (χ1n) is 4.76. The molecule has 0 heterocycles. The van der Waals surface area contributed by atoms with Crippen LogP contribution in [0.25, 0.3) is 0 Å². The minimum atomic E-state index is -0.513. The van der Waals surface area contributed by atoms with Crippen LogP contribution in [0.15, 0.2) is 16.6 Å². The molecule has 0 spiro atoms. The first-order chi connectivity index (χ1) is 7.10. The van der Waals surface area contributed by atoms with Crippen LogP contribution in [0.3, 0.4) is 0 Å². The van der Waals surface area contributed by atoms with Crippen molar-refractivity contribution in [3.8, 4) is 5.75 Å². The van der Waals surface area contributed by atoms with Crippen molar-refractivity contribution >= 4 is 15.9 Å². The Morgan fingerprint density at radius 1 is 1.53 bits per heavy atom. The lowest BCUT2D eigenvalue weighted by molar-refractivity contribution is 0.176. The number of aliphatic hydroxyl groups is 1. The van der Waals surface area contributed by atoms with E-state index in [1.165, 1.54) is 0 Å². The van der Waals surface area contributed by atoms with Gasteiger partial charge in [0.1, 0.15) is 5.75 Å². The molecular weight excluding hydrogens is 258 g/mol. The van der Waals surface area contributed by atoms with E-state index in [9.17, 15) is 5.11 Å². The van der Waals surface area contributed by atoms with Crippen LogP contribution in [-0.2, 0) is 0 Å². The molecule has 1 rings (SSSR count). The van der Waals surface area contributed by atoms with Gasteiger partial charge in [-0.3, -0.25) is 0 Å². The van der Waals surface area contributed by atoms with Crippen molar-refractivity contribution in [1.82, 2.24) is 5.32 Å². The second-order valence-corrected chi connectivity index (χ2v) is 4.25. The number of ether oxygens (including phenoxy) is 1. The van der Waals surface area contributed by atoms with Gasteiger partial charge in [-0.1, -0.05) is 15.9 Å². The van der Waals surface area contributed by atoms with Gasteiger partial charge in [-0.15, -0.1) is 0 Å². The zero-order chi connectivity index (χ0) is 11.4. The summed E-state index contributed by atoms with van der Waals surface area (Å²) in [6.07, 6.45) is -0.513. The van der Waals surface area contributed by atoms with Gasteiger partial charge in [-0.25, -0.2) is 0 Å². The van der Waals surface area contributed by atoms with Crippen LogP contribution in [0.1, 0.15) is 17.2 Å². The standard InChI is InChI=1S/C11H16BrNO2/c1-7-9(11(14)6-13-2)4-8(15-3)5-10(7)12/h4-5,11,13-14H,6H2,1-3H3. The Morgan fingerprint density at radius 2 is 2.20 bits per heavy atom. The Balaban J connectivity index is 3.09. The van der Waals surface area contributed by atoms with Crippen LogP contribution in [0.2, 0.25) is 0 Å². The van der Waals surface area contributed by atoms with Crippen LogP contribution in [0.5, 0.6) is 5.75 Å². The number of hydrogen-bond acceptors (Lipinski definition) is 3. The molecule has 0 aliphatic rings. The summed E-state index contributed by atoms with van der Waals surface area (Å²) in [5.41, 5.74) is 1.93. The van der Waals surface area contributed by atoms with Gasteiger partial charge < -0.3 is 15.2 Å². The molecule has 3 nitrogen and oxygen atoms in total. The number of likely N-dealkylation sites (N-methyl/N-ethyl adjacent to an activating group) is 1. The predicted octanol–water partition coefficient (Wildman–Crippen LogP) is 2.02. The number of nitrogens with one attached hydrogen (secondary N) is 1. The summed E-state index contributed by atoms with van der Waals surface area (Å²) in [4.78, 5) is 0. The highest BCUT2D eigenvalue weighted by molar-refractivity contribution is 9.10. The molecule has 0 amide bonds. The van der Waals surface area contributed by atoms with Crippen LogP contribution in [0.4, 0.5) is 0 Å². The highest BCUT2D eigenvalue weighted by Crippen LogP contribution is 2.29. The molecule has 84 valence electrons.